The van der Waals surface area contributed by atoms with Crippen molar-refractivity contribution in [3.8, 4) is 11.3 Å². The lowest BCUT2D eigenvalue weighted by Crippen LogP contribution is -2.05. The maximum atomic E-state index is 6.00. The number of aromatic nitrogens is 2. The second kappa shape index (κ2) is 5.17. The van der Waals surface area contributed by atoms with Crippen LogP contribution in [0.1, 0.15) is 5.69 Å². The van der Waals surface area contributed by atoms with Gasteiger partial charge in [0.2, 0.25) is 5.95 Å². The van der Waals surface area contributed by atoms with Gasteiger partial charge >= 0.3 is 0 Å². The first-order valence-corrected chi connectivity index (χ1v) is 6.23. The van der Waals surface area contributed by atoms with Gasteiger partial charge in [0.15, 0.2) is 0 Å². The summed E-state index contributed by atoms with van der Waals surface area (Å²) in [5, 5.41) is 0.671. The van der Waals surface area contributed by atoms with Crippen LogP contribution in [0.25, 0.3) is 11.3 Å². The summed E-state index contributed by atoms with van der Waals surface area (Å²) in [6.45, 7) is 0. The van der Waals surface area contributed by atoms with E-state index in [4.69, 9.17) is 17.3 Å². The van der Waals surface area contributed by atoms with Gasteiger partial charge in [0, 0.05) is 16.5 Å². The number of nitrogens with two attached hydrogens (primary N) is 1. The van der Waals surface area contributed by atoms with Crippen molar-refractivity contribution in [2.45, 2.75) is 0 Å². The minimum Gasteiger partial charge on any atom is -0.368 e. The zero-order valence-electron chi connectivity index (χ0n) is 10.0. The first kappa shape index (κ1) is 12.4. The molecule has 0 atom stereocenters. The van der Waals surface area contributed by atoms with Crippen molar-refractivity contribution in [3.05, 3.63) is 72.6 Å². The normalized spacial score (nSPS) is 15.8. The Bertz CT molecular complexity index is 592. The predicted molar refractivity (Wildman–Crippen MR) is 76.4 cm³/mol. The third-order valence-corrected chi connectivity index (χ3v) is 3.06. The highest BCUT2D eigenvalue weighted by atomic mass is 35.5. The number of nitrogen functional groups attached to an aromatic ring is 1. The SMILES string of the molecule is Nc1nc([C]2[CH][CH][CH][CH]2)cc(-c2cccc(Cl)c2)n1. The van der Waals surface area contributed by atoms with Crippen LogP contribution in [0.2, 0.25) is 5.02 Å². The highest BCUT2D eigenvalue weighted by Gasteiger charge is 2.21. The van der Waals surface area contributed by atoms with E-state index in [9.17, 15) is 0 Å². The fourth-order valence-corrected chi connectivity index (χ4v) is 2.14. The monoisotopic (exact) mass is 268 g/mol. The summed E-state index contributed by atoms with van der Waals surface area (Å²) in [5.41, 5.74) is 8.29. The molecule has 0 unspecified atom stereocenters. The third kappa shape index (κ3) is 2.71. The third-order valence-electron chi connectivity index (χ3n) is 2.82. The molecule has 1 aliphatic rings. The minimum absolute atomic E-state index is 0.258. The number of halogens is 1. The van der Waals surface area contributed by atoms with Crippen molar-refractivity contribution in [2.75, 3.05) is 5.73 Å². The molecule has 19 heavy (non-hydrogen) atoms. The lowest BCUT2D eigenvalue weighted by molar-refractivity contribution is 1.09. The minimum atomic E-state index is 0.258. The van der Waals surface area contributed by atoms with Crippen LogP contribution in [-0.2, 0) is 0 Å². The molecule has 93 valence electrons. The number of rotatable bonds is 2. The molecule has 0 amide bonds. The molecule has 2 aromatic rings. The summed E-state index contributed by atoms with van der Waals surface area (Å²) < 4.78 is 0. The quantitative estimate of drug-likeness (QED) is 0.910. The average Bonchev–Trinajstić information content (AvgIpc) is 2.92. The zero-order chi connectivity index (χ0) is 13.2. The maximum Gasteiger partial charge on any atom is 0.220 e. The van der Waals surface area contributed by atoms with Crippen molar-refractivity contribution in [3.63, 3.8) is 0 Å². The Morgan fingerprint density at radius 2 is 1.68 bits per heavy atom. The second-order valence-corrected chi connectivity index (χ2v) is 4.62. The molecule has 0 spiro atoms. The Morgan fingerprint density at radius 1 is 0.947 bits per heavy atom. The number of hydrogen-bond acceptors (Lipinski definition) is 3. The first-order valence-electron chi connectivity index (χ1n) is 5.85. The Morgan fingerprint density at radius 3 is 2.42 bits per heavy atom. The summed E-state index contributed by atoms with van der Waals surface area (Å²) in [6, 6.07) is 9.43. The lowest BCUT2D eigenvalue weighted by Gasteiger charge is -2.10. The van der Waals surface area contributed by atoms with Crippen LogP contribution in [0.4, 0.5) is 5.95 Å². The maximum absolute atomic E-state index is 6.00. The zero-order valence-corrected chi connectivity index (χ0v) is 10.8. The molecule has 1 aromatic carbocycles. The number of benzene rings is 1. The van der Waals surface area contributed by atoms with E-state index in [-0.39, 0.29) is 5.95 Å². The Labute approximate surface area is 117 Å². The Balaban J connectivity index is 2.01. The van der Waals surface area contributed by atoms with Crippen LogP contribution in [0.15, 0.2) is 30.3 Å². The molecule has 0 bridgehead atoms. The lowest BCUT2D eigenvalue weighted by atomic mass is 10.0. The molecular formula is C15H11ClN3. The van der Waals surface area contributed by atoms with E-state index >= 15 is 0 Å². The number of nitrogens with zero attached hydrogens (tertiary/aromatic N) is 2. The van der Waals surface area contributed by atoms with E-state index in [2.05, 4.69) is 9.97 Å². The molecule has 1 heterocycles. The topological polar surface area (TPSA) is 51.8 Å². The predicted octanol–water partition coefficient (Wildman–Crippen LogP) is 3.13. The number of anilines is 1. The highest BCUT2D eigenvalue weighted by Crippen LogP contribution is 2.31. The molecule has 4 heteroatoms. The van der Waals surface area contributed by atoms with E-state index in [1.165, 1.54) is 0 Å². The van der Waals surface area contributed by atoms with Crippen LogP contribution in [-0.4, -0.2) is 9.97 Å². The summed E-state index contributed by atoms with van der Waals surface area (Å²) >= 11 is 6.00. The molecule has 0 aliphatic heterocycles. The van der Waals surface area contributed by atoms with Gasteiger partial charge in [-0.1, -0.05) is 23.7 Å². The number of hydrogen-bond donors (Lipinski definition) is 1. The summed E-state index contributed by atoms with van der Waals surface area (Å²) in [4.78, 5) is 8.52. The summed E-state index contributed by atoms with van der Waals surface area (Å²) in [6.07, 6.45) is 7.91. The molecule has 3 nitrogen and oxygen atoms in total. The standard InChI is InChI=1S/C15H11ClN3/c16-12-7-3-6-11(8-12)14-9-13(18-15(17)19-14)10-4-1-2-5-10/h1-9H,(H2,17,18,19). The molecular weight excluding hydrogens is 258 g/mol. The van der Waals surface area contributed by atoms with Gasteiger partial charge in [-0.2, -0.15) is 0 Å². The molecule has 1 aliphatic carbocycles. The van der Waals surface area contributed by atoms with Gasteiger partial charge in [-0.15, -0.1) is 0 Å². The fraction of sp³-hybridized carbons (Fsp3) is 0. The van der Waals surface area contributed by atoms with Gasteiger partial charge in [-0.05, 0) is 43.9 Å². The van der Waals surface area contributed by atoms with Crippen molar-refractivity contribution >= 4 is 17.5 Å². The van der Waals surface area contributed by atoms with Crippen LogP contribution < -0.4 is 5.73 Å². The van der Waals surface area contributed by atoms with Gasteiger partial charge in [-0.25, -0.2) is 9.97 Å². The molecule has 3 rings (SSSR count). The molecule has 2 N–H and O–H groups in total. The van der Waals surface area contributed by atoms with E-state index in [0.717, 1.165) is 22.9 Å². The van der Waals surface area contributed by atoms with Crippen molar-refractivity contribution in [1.29, 1.82) is 0 Å². The van der Waals surface area contributed by atoms with E-state index < -0.39 is 0 Å². The van der Waals surface area contributed by atoms with Crippen molar-refractivity contribution in [1.82, 2.24) is 9.97 Å². The van der Waals surface area contributed by atoms with Gasteiger partial charge in [0.25, 0.3) is 0 Å². The summed E-state index contributed by atoms with van der Waals surface area (Å²) in [7, 11) is 0. The van der Waals surface area contributed by atoms with Crippen LogP contribution in [0.3, 0.4) is 0 Å². The Hall–Kier alpha value is -1.61. The van der Waals surface area contributed by atoms with Gasteiger partial charge in [-0.3, -0.25) is 0 Å². The molecule has 5 radical (unpaired) electrons. The van der Waals surface area contributed by atoms with Crippen LogP contribution in [0.5, 0.6) is 0 Å². The van der Waals surface area contributed by atoms with Crippen molar-refractivity contribution < 1.29 is 0 Å². The molecule has 1 aromatic heterocycles. The van der Waals surface area contributed by atoms with E-state index in [1.807, 2.05) is 56.0 Å². The van der Waals surface area contributed by atoms with Gasteiger partial charge < -0.3 is 5.73 Å². The van der Waals surface area contributed by atoms with Gasteiger partial charge in [0.05, 0.1) is 11.4 Å². The highest BCUT2D eigenvalue weighted by molar-refractivity contribution is 6.30. The van der Waals surface area contributed by atoms with E-state index in [1.54, 1.807) is 0 Å². The van der Waals surface area contributed by atoms with Gasteiger partial charge in [0.1, 0.15) is 0 Å². The molecule has 0 saturated heterocycles. The first-order chi connectivity index (χ1) is 9.22. The van der Waals surface area contributed by atoms with Crippen LogP contribution >= 0.6 is 11.6 Å². The second-order valence-electron chi connectivity index (χ2n) is 4.18. The van der Waals surface area contributed by atoms with Crippen molar-refractivity contribution in [2.24, 2.45) is 0 Å². The Kier molecular flexibility index (Phi) is 3.38. The average molecular weight is 269 g/mol. The largest absolute Gasteiger partial charge is 0.368 e. The molecule has 1 saturated carbocycles. The van der Waals surface area contributed by atoms with Crippen LogP contribution in [0, 0.1) is 31.6 Å². The van der Waals surface area contributed by atoms with E-state index in [0.29, 0.717) is 5.02 Å². The smallest absolute Gasteiger partial charge is 0.220 e. The summed E-state index contributed by atoms with van der Waals surface area (Å²) in [5.74, 6) is 1.28. The molecule has 1 fully saturated rings. The fourth-order valence-electron chi connectivity index (χ4n) is 1.95.